The Morgan fingerprint density at radius 3 is 2.00 bits per heavy atom. The molecule has 2 nitrogen and oxygen atoms in total. The van der Waals surface area contributed by atoms with Crippen LogP contribution in [-0.4, -0.2) is 11.6 Å². The molecule has 0 N–H and O–H groups in total. The van der Waals surface area contributed by atoms with Gasteiger partial charge in [-0.2, -0.15) is 0 Å². The Bertz CT molecular complexity index is 429. The fourth-order valence-electron chi connectivity index (χ4n) is 2.06. The van der Waals surface area contributed by atoms with Crippen LogP contribution in [0.1, 0.15) is 54.4 Å². The first-order valence-electron chi connectivity index (χ1n) is 6.58. The summed E-state index contributed by atoms with van der Waals surface area (Å²) in [5.74, 6) is 0.00162. The molecule has 1 aliphatic carbocycles. The normalized spacial score (nSPS) is 17.7. The lowest BCUT2D eigenvalue weighted by molar-refractivity contribution is -0.116. The highest BCUT2D eigenvalue weighted by atomic mass is 16.1. The molecule has 0 radical (unpaired) electrons. The minimum Gasteiger partial charge on any atom is -0.290 e. The summed E-state index contributed by atoms with van der Waals surface area (Å²) >= 11 is 0. The Morgan fingerprint density at radius 1 is 1.00 bits per heavy atom. The van der Waals surface area contributed by atoms with E-state index < -0.39 is 0 Å². The molecule has 18 heavy (non-hydrogen) atoms. The quantitative estimate of drug-likeness (QED) is 0.711. The molecule has 0 atom stereocenters. The fraction of sp³-hybridized carbons (Fsp3) is 0.625. The first-order chi connectivity index (χ1) is 8.07. The summed E-state index contributed by atoms with van der Waals surface area (Å²) in [5.41, 5.74) is 1.10. The first kappa shape index (κ1) is 14.9. The molecule has 0 spiro atoms. The van der Waals surface area contributed by atoms with Crippen LogP contribution in [0, 0.1) is 10.8 Å². The van der Waals surface area contributed by atoms with Crippen molar-refractivity contribution in [3.8, 4) is 0 Å². The van der Waals surface area contributed by atoms with Gasteiger partial charge in [0.15, 0.2) is 11.6 Å². The lowest BCUT2D eigenvalue weighted by Crippen LogP contribution is -2.27. The van der Waals surface area contributed by atoms with E-state index in [1.165, 1.54) is 12.2 Å². The lowest BCUT2D eigenvalue weighted by Gasteiger charge is -2.29. The van der Waals surface area contributed by atoms with Crippen LogP contribution < -0.4 is 0 Å². The van der Waals surface area contributed by atoms with Crippen molar-refractivity contribution in [3.05, 3.63) is 23.3 Å². The molecule has 0 amide bonds. The van der Waals surface area contributed by atoms with Crippen LogP contribution in [-0.2, 0) is 9.59 Å². The van der Waals surface area contributed by atoms with Gasteiger partial charge in [-0.15, -0.1) is 0 Å². The highest BCUT2D eigenvalue weighted by Gasteiger charge is 2.33. The molecule has 0 fully saturated rings. The van der Waals surface area contributed by atoms with Gasteiger partial charge in [-0.3, -0.25) is 9.59 Å². The van der Waals surface area contributed by atoms with E-state index >= 15 is 0 Å². The molecule has 1 rings (SSSR count). The number of carbonyl (C=O) groups excluding carboxylic acids is 2. The number of rotatable bonds is 3. The van der Waals surface area contributed by atoms with Crippen molar-refractivity contribution in [2.45, 2.75) is 54.4 Å². The highest BCUT2D eigenvalue weighted by molar-refractivity contribution is 6.20. The minimum atomic E-state index is -0.232. The number of allylic oxidation sites excluding steroid dienone is 4. The predicted octanol–water partition coefficient (Wildman–Crippen LogP) is 3.86. The summed E-state index contributed by atoms with van der Waals surface area (Å²) in [6, 6.07) is 0. The summed E-state index contributed by atoms with van der Waals surface area (Å²) in [6.07, 6.45) is 4.51. The van der Waals surface area contributed by atoms with Gasteiger partial charge in [-0.25, -0.2) is 0 Å². The maximum absolute atomic E-state index is 12.5. The van der Waals surface area contributed by atoms with Gasteiger partial charge < -0.3 is 0 Å². The molecule has 0 bridgehead atoms. The van der Waals surface area contributed by atoms with Crippen molar-refractivity contribution >= 4 is 11.6 Å². The number of carbonyl (C=O) groups is 2. The third-order valence-electron chi connectivity index (χ3n) is 3.47. The average Bonchev–Trinajstić information content (AvgIpc) is 2.20. The molecule has 0 saturated carbocycles. The summed E-state index contributed by atoms with van der Waals surface area (Å²) in [6.45, 7) is 12.3. The van der Waals surface area contributed by atoms with Gasteiger partial charge >= 0.3 is 0 Å². The van der Waals surface area contributed by atoms with Crippen LogP contribution in [0.3, 0.4) is 0 Å². The third kappa shape index (κ3) is 3.41. The molecule has 0 aromatic carbocycles. The third-order valence-corrected chi connectivity index (χ3v) is 3.47. The SMILES string of the molecule is CCC(C)(C)C1=CC(=O)C=C(CC(C)(C)C)C1=O. The maximum Gasteiger partial charge on any atom is 0.185 e. The zero-order chi connectivity index (χ0) is 14.1. The summed E-state index contributed by atoms with van der Waals surface area (Å²) in [5, 5.41) is 0. The molecule has 100 valence electrons. The Hall–Kier alpha value is -1.18. The summed E-state index contributed by atoms with van der Waals surface area (Å²) in [7, 11) is 0. The van der Waals surface area contributed by atoms with Crippen molar-refractivity contribution in [2.24, 2.45) is 10.8 Å². The molecular formula is C16H24O2. The number of ketones is 2. The van der Waals surface area contributed by atoms with E-state index in [0.29, 0.717) is 17.6 Å². The Morgan fingerprint density at radius 2 is 1.56 bits per heavy atom. The molecule has 0 heterocycles. The van der Waals surface area contributed by atoms with E-state index in [1.807, 2.05) is 20.8 Å². The molecule has 0 aliphatic heterocycles. The zero-order valence-electron chi connectivity index (χ0n) is 12.4. The second kappa shape index (κ2) is 4.83. The molecule has 0 saturated heterocycles. The van der Waals surface area contributed by atoms with Crippen LogP contribution >= 0.6 is 0 Å². The second-order valence-electron chi connectivity index (χ2n) is 6.93. The van der Waals surface area contributed by atoms with Crippen molar-refractivity contribution in [1.82, 2.24) is 0 Å². The van der Waals surface area contributed by atoms with E-state index in [2.05, 4.69) is 20.8 Å². The van der Waals surface area contributed by atoms with E-state index in [1.54, 1.807) is 0 Å². The van der Waals surface area contributed by atoms with Gasteiger partial charge in [0.1, 0.15) is 0 Å². The largest absolute Gasteiger partial charge is 0.290 e. The average molecular weight is 248 g/mol. The van der Waals surface area contributed by atoms with Gasteiger partial charge in [0.25, 0.3) is 0 Å². The van der Waals surface area contributed by atoms with Gasteiger partial charge in [0.2, 0.25) is 0 Å². The van der Waals surface area contributed by atoms with Crippen molar-refractivity contribution in [3.63, 3.8) is 0 Å². The lowest BCUT2D eigenvalue weighted by atomic mass is 9.73. The van der Waals surface area contributed by atoms with Gasteiger partial charge in [0, 0.05) is 11.1 Å². The van der Waals surface area contributed by atoms with Gasteiger partial charge in [-0.1, -0.05) is 41.5 Å². The van der Waals surface area contributed by atoms with E-state index in [4.69, 9.17) is 0 Å². The number of hydrogen-bond donors (Lipinski definition) is 0. The zero-order valence-corrected chi connectivity index (χ0v) is 12.4. The Kier molecular flexibility index (Phi) is 3.99. The van der Waals surface area contributed by atoms with E-state index in [-0.39, 0.29) is 22.4 Å². The smallest absolute Gasteiger partial charge is 0.185 e. The monoisotopic (exact) mass is 248 g/mol. The Labute approximate surface area is 110 Å². The van der Waals surface area contributed by atoms with Crippen molar-refractivity contribution in [1.29, 1.82) is 0 Å². The molecule has 0 unspecified atom stereocenters. The molecule has 0 aromatic heterocycles. The predicted molar refractivity (Wildman–Crippen MR) is 74.3 cm³/mol. The number of hydrogen-bond acceptors (Lipinski definition) is 2. The topological polar surface area (TPSA) is 34.1 Å². The van der Waals surface area contributed by atoms with Gasteiger partial charge in [-0.05, 0) is 35.8 Å². The van der Waals surface area contributed by atoms with E-state index in [0.717, 1.165) is 6.42 Å². The van der Waals surface area contributed by atoms with Crippen LogP contribution in [0.5, 0.6) is 0 Å². The molecule has 1 aliphatic rings. The number of Topliss-reactive ketones (excluding diaryl/α,β-unsaturated/α-hetero) is 1. The first-order valence-corrected chi connectivity index (χ1v) is 6.58. The van der Waals surface area contributed by atoms with E-state index in [9.17, 15) is 9.59 Å². The van der Waals surface area contributed by atoms with Crippen LogP contribution in [0.25, 0.3) is 0 Å². The fourth-order valence-corrected chi connectivity index (χ4v) is 2.06. The van der Waals surface area contributed by atoms with Crippen molar-refractivity contribution < 1.29 is 9.59 Å². The maximum atomic E-state index is 12.5. The van der Waals surface area contributed by atoms with Crippen LogP contribution in [0.2, 0.25) is 0 Å². The molecule has 2 heteroatoms. The summed E-state index contributed by atoms with van der Waals surface area (Å²) in [4.78, 5) is 24.2. The van der Waals surface area contributed by atoms with Crippen LogP contribution in [0.4, 0.5) is 0 Å². The summed E-state index contributed by atoms with van der Waals surface area (Å²) < 4.78 is 0. The van der Waals surface area contributed by atoms with Gasteiger partial charge in [0.05, 0.1) is 0 Å². The standard InChI is InChI=1S/C16H24O2/c1-7-16(5,6)13-9-12(17)8-11(14(13)18)10-15(2,3)4/h8-9H,7,10H2,1-6H3. The van der Waals surface area contributed by atoms with Crippen molar-refractivity contribution in [2.75, 3.05) is 0 Å². The Balaban J connectivity index is 3.08. The minimum absolute atomic E-state index is 0.0145. The van der Waals surface area contributed by atoms with Crippen LogP contribution in [0.15, 0.2) is 23.3 Å². The highest BCUT2D eigenvalue weighted by Crippen LogP contribution is 2.36. The second-order valence-corrected chi connectivity index (χ2v) is 6.93. The molecule has 0 aromatic rings. The molecular weight excluding hydrogens is 224 g/mol.